The molecule has 0 aromatic carbocycles. The molecule has 0 saturated heterocycles. The number of hydrogen-bond acceptors (Lipinski definition) is 3. The first kappa shape index (κ1) is 13.0. The number of nitrogens with one attached hydrogen (secondary N) is 1. The van der Waals surface area contributed by atoms with Crippen molar-refractivity contribution in [1.29, 1.82) is 0 Å². The van der Waals surface area contributed by atoms with E-state index in [4.69, 9.17) is 0 Å². The van der Waals surface area contributed by atoms with E-state index in [1.54, 1.807) is 6.07 Å². The number of halogens is 3. The summed E-state index contributed by atoms with van der Waals surface area (Å²) in [7, 11) is 0. The number of carbonyl (C=O) groups is 1. The first-order valence-electron chi connectivity index (χ1n) is 5.21. The normalized spacial score (nSPS) is 11.1. The van der Waals surface area contributed by atoms with Gasteiger partial charge in [-0.15, -0.1) is 0 Å². The van der Waals surface area contributed by atoms with Crippen LogP contribution in [0.15, 0.2) is 42.9 Å². The van der Waals surface area contributed by atoms with E-state index in [2.05, 4.69) is 15.3 Å². The van der Waals surface area contributed by atoms with Crippen molar-refractivity contribution >= 4 is 11.7 Å². The number of pyridine rings is 2. The third-order valence-corrected chi connectivity index (χ3v) is 2.26. The van der Waals surface area contributed by atoms with Crippen molar-refractivity contribution in [3.05, 3.63) is 54.0 Å². The molecule has 0 aliphatic carbocycles. The largest absolute Gasteiger partial charge is 0.417 e. The van der Waals surface area contributed by atoms with Crippen LogP contribution in [0.2, 0.25) is 0 Å². The van der Waals surface area contributed by atoms with Crippen molar-refractivity contribution in [3.63, 3.8) is 0 Å². The lowest BCUT2D eigenvalue weighted by atomic mass is 10.2. The topological polar surface area (TPSA) is 54.9 Å². The Balaban J connectivity index is 2.10. The second-order valence-corrected chi connectivity index (χ2v) is 3.63. The van der Waals surface area contributed by atoms with Crippen molar-refractivity contribution in [2.45, 2.75) is 6.18 Å². The molecule has 0 radical (unpaired) electrons. The number of aromatic nitrogens is 2. The molecule has 0 bridgehead atoms. The lowest BCUT2D eigenvalue weighted by Gasteiger charge is -2.07. The number of amides is 1. The average Bonchev–Trinajstić information content (AvgIpc) is 2.39. The molecular weight excluding hydrogens is 259 g/mol. The van der Waals surface area contributed by atoms with Gasteiger partial charge in [0.25, 0.3) is 5.91 Å². The van der Waals surface area contributed by atoms with Gasteiger partial charge in [0.1, 0.15) is 5.82 Å². The quantitative estimate of drug-likeness (QED) is 0.910. The molecule has 0 spiro atoms. The number of rotatable bonds is 2. The third kappa shape index (κ3) is 3.27. The van der Waals surface area contributed by atoms with Gasteiger partial charge in [-0.2, -0.15) is 13.2 Å². The zero-order valence-electron chi connectivity index (χ0n) is 9.48. The van der Waals surface area contributed by atoms with E-state index >= 15 is 0 Å². The molecule has 0 saturated carbocycles. The highest BCUT2D eigenvalue weighted by Crippen LogP contribution is 2.28. The second kappa shape index (κ2) is 5.05. The molecule has 0 atom stereocenters. The standard InChI is InChI=1S/C12H8F3N3O/c13-12(14,15)9-3-4-10(17-7-9)18-11(19)8-2-1-5-16-6-8/h1-7H,(H,17,18,19). The molecule has 0 aliphatic rings. The zero-order chi connectivity index (χ0) is 13.9. The van der Waals surface area contributed by atoms with Gasteiger partial charge < -0.3 is 5.32 Å². The Morgan fingerprint density at radius 2 is 1.95 bits per heavy atom. The smallest absolute Gasteiger partial charge is 0.307 e. The van der Waals surface area contributed by atoms with Gasteiger partial charge in [0.15, 0.2) is 0 Å². The molecule has 2 heterocycles. The first-order valence-corrected chi connectivity index (χ1v) is 5.21. The van der Waals surface area contributed by atoms with E-state index in [9.17, 15) is 18.0 Å². The Bertz CT molecular complexity index is 567. The van der Waals surface area contributed by atoms with Crippen molar-refractivity contribution in [2.75, 3.05) is 5.32 Å². The third-order valence-electron chi connectivity index (χ3n) is 2.26. The monoisotopic (exact) mass is 267 g/mol. The van der Waals surface area contributed by atoms with Crippen LogP contribution in [0.5, 0.6) is 0 Å². The fourth-order valence-electron chi connectivity index (χ4n) is 1.32. The summed E-state index contributed by atoms with van der Waals surface area (Å²) in [6.45, 7) is 0. The van der Waals surface area contributed by atoms with Crippen molar-refractivity contribution in [3.8, 4) is 0 Å². The molecule has 98 valence electrons. The minimum atomic E-state index is -4.45. The molecule has 7 heteroatoms. The van der Waals surface area contributed by atoms with E-state index in [1.165, 1.54) is 18.5 Å². The number of alkyl halides is 3. The first-order chi connectivity index (χ1) is 8.97. The second-order valence-electron chi connectivity index (χ2n) is 3.63. The lowest BCUT2D eigenvalue weighted by Crippen LogP contribution is -2.13. The summed E-state index contributed by atoms with van der Waals surface area (Å²) < 4.78 is 36.9. The summed E-state index contributed by atoms with van der Waals surface area (Å²) >= 11 is 0. The molecule has 2 rings (SSSR count). The van der Waals surface area contributed by atoms with Gasteiger partial charge in [-0.05, 0) is 24.3 Å². The highest BCUT2D eigenvalue weighted by molar-refractivity contribution is 6.03. The molecule has 4 nitrogen and oxygen atoms in total. The van der Waals surface area contributed by atoms with Crippen molar-refractivity contribution in [2.24, 2.45) is 0 Å². The number of carbonyl (C=O) groups excluding carboxylic acids is 1. The maximum absolute atomic E-state index is 12.3. The SMILES string of the molecule is O=C(Nc1ccc(C(F)(F)F)cn1)c1cccnc1. The van der Waals surface area contributed by atoms with Crippen LogP contribution in [0, 0.1) is 0 Å². The molecule has 19 heavy (non-hydrogen) atoms. The van der Waals surface area contributed by atoms with Crippen LogP contribution in [0.1, 0.15) is 15.9 Å². The maximum atomic E-state index is 12.3. The molecule has 2 aromatic rings. The number of nitrogens with zero attached hydrogens (tertiary/aromatic N) is 2. The Labute approximate surface area is 106 Å². The minimum absolute atomic E-state index is 0.0434. The Hall–Kier alpha value is -2.44. The number of hydrogen-bond donors (Lipinski definition) is 1. The average molecular weight is 267 g/mol. The Morgan fingerprint density at radius 3 is 2.47 bits per heavy atom. The van der Waals surface area contributed by atoms with Gasteiger partial charge in [0.2, 0.25) is 0 Å². The predicted octanol–water partition coefficient (Wildman–Crippen LogP) is 2.75. The van der Waals surface area contributed by atoms with Crippen LogP contribution in [-0.4, -0.2) is 15.9 Å². The van der Waals surface area contributed by atoms with Gasteiger partial charge in [-0.3, -0.25) is 9.78 Å². The van der Waals surface area contributed by atoms with Crippen molar-refractivity contribution < 1.29 is 18.0 Å². The minimum Gasteiger partial charge on any atom is -0.307 e. The summed E-state index contributed by atoms with van der Waals surface area (Å²) in [5.74, 6) is -0.442. The summed E-state index contributed by atoms with van der Waals surface area (Å²) in [6, 6.07) is 5.06. The van der Waals surface area contributed by atoms with E-state index in [0.29, 0.717) is 11.8 Å². The molecule has 0 fully saturated rings. The highest BCUT2D eigenvalue weighted by Gasteiger charge is 2.30. The van der Waals surface area contributed by atoms with Crippen LogP contribution < -0.4 is 5.32 Å². The van der Waals surface area contributed by atoms with Gasteiger partial charge in [0.05, 0.1) is 11.1 Å². The lowest BCUT2D eigenvalue weighted by molar-refractivity contribution is -0.137. The molecular formula is C12H8F3N3O. The molecule has 1 amide bonds. The van der Waals surface area contributed by atoms with Crippen LogP contribution in [0.4, 0.5) is 19.0 Å². The summed E-state index contributed by atoms with van der Waals surface area (Å²) in [6.07, 6.45) is -0.926. The molecule has 2 aromatic heterocycles. The zero-order valence-corrected chi connectivity index (χ0v) is 9.48. The Kier molecular flexibility index (Phi) is 3.46. The summed E-state index contributed by atoms with van der Waals surface area (Å²) in [5.41, 5.74) is -0.573. The summed E-state index contributed by atoms with van der Waals surface area (Å²) in [4.78, 5) is 19.0. The Morgan fingerprint density at radius 1 is 1.16 bits per heavy atom. The van der Waals surface area contributed by atoms with Gasteiger partial charge in [-0.25, -0.2) is 4.98 Å². The molecule has 0 aliphatic heterocycles. The summed E-state index contributed by atoms with van der Waals surface area (Å²) in [5, 5.41) is 2.38. The van der Waals surface area contributed by atoms with Gasteiger partial charge >= 0.3 is 6.18 Å². The fourth-order valence-corrected chi connectivity index (χ4v) is 1.32. The van der Waals surface area contributed by atoms with Crippen LogP contribution >= 0.6 is 0 Å². The maximum Gasteiger partial charge on any atom is 0.417 e. The predicted molar refractivity (Wildman–Crippen MR) is 61.4 cm³/mol. The fraction of sp³-hybridized carbons (Fsp3) is 0.0833. The highest BCUT2D eigenvalue weighted by atomic mass is 19.4. The van der Waals surface area contributed by atoms with Crippen LogP contribution in [0.3, 0.4) is 0 Å². The van der Waals surface area contributed by atoms with E-state index in [-0.39, 0.29) is 5.82 Å². The molecule has 1 N–H and O–H groups in total. The van der Waals surface area contributed by atoms with Crippen LogP contribution in [-0.2, 0) is 6.18 Å². The van der Waals surface area contributed by atoms with Crippen LogP contribution in [0.25, 0.3) is 0 Å². The number of anilines is 1. The van der Waals surface area contributed by atoms with Gasteiger partial charge in [0, 0.05) is 18.6 Å². The van der Waals surface area contributed by atoms with Gasteiger partial charge in [-0.1, -0.05) is 0 Å². The van der Waals surface area contributed by atoms with E-state index in [0.717, 1.165) is 12.1 Å². The van der Waals surface area contributed by atoms with E-state index < -0.39 is 17.6 Å². The van der Waals surface area contributed by atoms with E-state index in [1.807, 2.05) is 0 Å². The molecule has 0 unspecified atom stereocenters. The van der Waals surface area contributed by atoms with Crippen molar-refractivity contribution in [1.82, 2.24) is 9.97 Å².